The molecule has 0 aromatic heterocycles. The molecule has 3 aromatic carbocycles. The van der Waals surface area contributed by atoms with Crippen LogP contribution in [0, 0.1) is 11.8 Å². The molecule has 6 atom stereocenters. The van der Waals surface area contributed by atoms with E-state index >= 15 is 0 Å². The van der Waals surface area contributed by atoms with Gasteiger partial charge in [-0.3, -0.25) is 14.4 Å². The van der Waals surface area contributed by atoms with Gasteiger partial charge in [-0.05, 0) is 93.8 Å². The van der Waals surface area contributed by atoms with Crippen LogP contribution in [0.25, 0.3) is 0 Å². The minimum atomic E-state index is -1.94. The molecule has 1 aliphatic heterocycles. The van der Waals surface area contributed by atoms with E-state index in [1.165, 1.54) is 42.3 Å². The summed E-state index contributed by atoms with van der Waals surface area (Å²) in [7, 11) is 1.03. The van der Waals surface area contributed by atoms with Crippen molar-refractivity contribution in [2.75, 3.05) is 26.9 Å². The first kappa shape index (κ1) is 49.6. The maximum absolute atomic E-state index is 14.2. The molecule has 1 unspecified atom stereocenters. The number of fused-ring (bicyclic) bond motifs is 2. The van der Waals surface area contributed by atoms with Gasteiger partial charge in [-0.1, -0.05) is 99.2 Å². The number of carbonyl (C=O) groups is 4. The lowest BCUT2D eigenvalue weighted by atomic mass is 9.85. The van der Waals surface area contributed by atoms with E-state index in [9.17, 15) is 24.3 Å². The number of nitrogens with one attached hydrogen (secondary N) is 2. The summed E-state index contributed by atoms with van der Waals surface area (Å²) in [5.74, 6) is -2.09. The zero-order valence-corrected chi connectivity index (χ0v) is 38.9. The van der Waals surface area contributed by atoms with E-state index in [0.717, 1.165) is 31.8 Å². The van der Waals surface area contributed by atoms with Crippen molar-refractivity contribution >= 4 is 46.7 Å². The smallest absolute Gasteiger partial charge is 0.405 e. The molecule has 1 aliphatic carbocycles. The molecule has 5 rings (SSSR count). The standard InChI is InChI=1S/C52H64N3O8P/c1-35-31-42-47(54-29-18-7-8-19-30-64(39-22-12-9-13-23-39,40-24-14-10-15-25-40)41-26-16-11-17-27-41)44(56)34-43(49(42)58)55-51(59)36(2)21-20-28-45(61-5)50(63-52(53)60)38(4)33-37(3)48(57)46(32-35)62-6/h9-17,20-28,33-35,37,45-46,48,50,57H,7-8,18-19,29-32H2,1-6H3,(H3-,53,54,55,56,58,59,60)/p+1/b28-20-,36-21+,38-33+/t35-,37+,45?,46+,48-,50+/m1/s1. The predicted octanol–water partition coefficient (Wildman–Crippen LogP) is 6.91. The number of hydrogen-bond acceptors (Lipinski definition) is 9. The van der Waals surface area contributed by atoms with Crippen molar-refractivity contribution in [2.45, 2.75) is 90.6 Å². The molecule has 1 heterocycles. The van der Waals surface area contributed by atoms with Crippen molar-refractivity contribution in [1.82, 2.24) is 10.6 Å². The van der Waals surface area contributed by atoms with Gasteiger partial charge < -0.3 is 35.7 Å². The number of carbonyl (C=O) groups excluding carboxylic acids is 4. The van der Waals surface area contributed by atoms with Crippen LogP contribution in [0.4, 0.5) is 4.79 Å². The molecule has 0 fully saturated rings. The van der Waals surface area contributed by atoms with Gasteiger partial charge in [0.15, 0.2) is 6.10 Å². The fourth-order valence-electron chi connectivity index (χ4n) is 8.70. The Bertz CT molecular complexity index is 2120. The minimum Gasteiger partial charge on any atom is -0.439 e. The van der Waals surface area contributed by atoms with Gasteiger partial charge in [0.05, 0.1) is 29.8 Å². The summed E-state index contributed by atoms with van der Waals surface area (Å²) < 4.78 is 16.9. The van der Waals surface area contributed by atoms with Crippen LogP contribution in [0.2, 0.25) is 0 Å². The van der Waals surface area contributed by atoms with Crippen LogP contribution in [-0.2, 0) is 28.6 Å². The molecule has 12 heteroatoms. The molecule has 0 radical (unpaired) electrons. The van der Waals surface area contributed by atoms with Crippen molar-refractivity contribution in [1.29, 1.82) is 0 Å². The zero-order valence-electron chi connectivity index (χ0n) is 38.0. The molecule has 2 amide bonds. The molecule has 340 valence electrons. The maximum atomic E-state index is 14.2. The number of benzene rings is 3. The van der Waals surface area contributed by atoms with Crippen molar-refractivity contribution in [3.63, 3.8) is 0 Å². The second kappa shape index (κ2) is 24.0. The number of aliphatic hydroxyl groups is 1. The van der Waals surface area contributed by atoms with E-state index in [4.69, 9.17) is 19.9 Å². The fourth-order valence-corrected chi connectivity index (χ4v) is 13.1. The summed E-state index contributed by atoms with van der Waals surface area (Å²) in [4.78, 5) is 53.4. The lowest BCUT2D eigenvalue weighted by Crippen LogP contribution is -2.38. The van der Waals surface area contributed by atoms with Gasteiger partial charge in [-0.25, -0.2) is 4.79 Å². The number of amides is 2. The van der Waals surface area contributed by atoms with Crippen molar-refractivity contribution < 1.29 is 38.5 Å². The average Bonchev–Trinajstić information content (AvgIpc) is 3.29. The van der Waals surface area contributed by atoms with E-state index in [0.29, 0.717) is 18.5 Å². The van der Waals surface area contributed by atoms with Crippen molar-refractivity contribution in [3.05, 3.63) is 149 Å². The largest absolute Gasteiger partial charge is 0.439 e. The van der Waals surface area contributed by atoms with E-state index < -0.39 is 61.2 Å². The fraction of sp³-hybridized carbons (Fsp3) is 0.385. The first-order valence-corrected chi connectivity index (χ1v) is 24.1. The molecule has 5 N–H and O–H groups in total. The monoisotopic (exact) mass is 890 g/mol. The van der Waals surface area contributed by atoms with Gasteiger partial charge in [-0.2, -0.15) is 0 Å². The van der Waals surface area contributed by atoms with Gasteiger partial charge >= 0.3 is 6.09 Å². The molecule has 3 aromatic rings. The Labute approximate surface area is 379 Å². The Morgan fingerprint density at radius 3 is 1.97 bits per heavy atom. The number of hydrogen-bond donors (Lipinski definition) is 4. The highest BCUT2D eigenvalue weighted by atomic mass is 31.2. The Morgan fingerprint density at radius 2 is 1.42 bits per heavy atom. The number of allylic oxidation sites excluding steroid dienone is 4. The molecular weight excluding hydrogens is 826 g/mol. The van der Waals surface area contributed by atoms with Crippen LogP contribution in [0.1, 0.15) is 66.2 Å². The summed E-state index contributed by atoms with van der Waals surface area (Å²) >= 11 is 0. The first-order chi connectivity index (χ1) is 30.8. The predicted molar refractivity (Wildman–Crippen MR) is 256 cm³/mol. The molecule has 64 heavy (non-hydrogen) atoms. The summed E-state index contributed by atoms with van der Waals surface area (Å²) in [5, 5.41) is 21.6. The summed E-state index contributed by atoms with van der Waals surface area (Å²) in [6.07, 6.45) is 8.61. The first-order valence-electron chi connectivity index (χ1n) is 22.2. The molecule has 0 saturated heterocycles. The molecule has 0 spiro atoms. The number of rotatable bonds is 14. The Balaban J connectivity index is 1.34. The Kier molecular flexibility index (Phi) is 18.6. The van der Waals surface area contributed by atoms with Gasteiger partial charge in [0.1, 0.15) is 29.3 Å². The van der Waals surface area contributed by atoms with Crippen LogP contribution in [-0.4, -0.2) is 80.0 Å². The number of nitrogens with two attached hydrogens (primary N) is 1. The highest BCUT2D eigenvalue weighted by Crippen LogP contribution is 2.56. The lowest BCUT2D eigenvalue weighted by molar-refractivity contribution is -0.120. The highest BCUT2D eigenvalue weighted by molar-refractivity contribution is 7.95. The van der Waals surface area contributed by atoms with E-state index in [2.05, 4.69) is 102 Å². The third-order valence-corrected chi connectivity index (χ3v) is 16.6. The second-order valence-corrected chi connectivity index (χ2v) is 20.4. The third kappa shape index (κ3) is 12.6. The Hall–Kier alpha value is -5.45. The number of Topliss-reactive ketones (excluding diaryl/α,β-unsaturated/α-hetero) is 1. The normalized spacial score (nSPS) is 25.0. The third-order valence-electron chi connectivity index (χ3n) is 12.1. The minimum absolute atomic E-state index is 0.110. The molecule has 2 aliphatic rings. The number of ether oxygens (including phenoxy) is 3. The van der Waals surface area contributed by atoms with Gasteiger partial charge in [0, 0.05) is 43.9 Å². The van der Waals surface area contributed by atoms with Crippen LogP contribution in [0.3, 0.4) is 0 Å². The number of primary amides is 1. The maximum Gasteiger partial charge on any atom is 0.405 e. The zero-order chi connectivity index (χ0) is 46.2. The topological polar surface area (TPSA) is 166 Å². The van der Waals surface area contributed by atoms with Crippen LogP contribution in [0.5, 0.6) is 0 Å². The number of unbranched alkanes of at least 4 members (excludes halogenated alkanes) is 3. The average molecular weight is 891 g/mol. The van der Waals surface area contributed by atoms with Crippen molar-refractivity contribution in [3.8, 4) is 0 Å². The molecule has 0 saturated carbocycles. The molecule has 11 nitrogen and oxygen atoms in total. The second-order valence-electron chi connectivity index (χ2n) is 16.8. The summed E-state index contributed by atoms with van der Waals surface area (Å²) in [6.45, 7) is 7.58. The lowest BCUT2D eigenvalue weighted by Gasteiger charge is -2.30. The number of methoxy groups -OCH3 is 2. The highest BCUT2D eigenvalue weighted by Gasteiger charge is 2.44. The van der Waals surface area contributed by atoms with Crippen LogP contribution >= 0.6 is 7.26 Å². The van der Waals surface area contributed by atoms with E-state index in [-0.39, 0.29) is 34.9 Å². The summed E-state index contributed by atoms with van der Waals surface area (Å²) in [5.41, 5.74) is 6.67. The molecule has 2 bridgehead atoms. The number of ketones is 2. The SMILES string of the molecule is COC1/C=C\C=C(/C)C(=O)NC2=CC(=O)C(NCCCCCC[P+](c3ccccc3)(c3ccccc3)c3ccccc3)=C(C[C@@H](C)C[C@H](OC)[C@H](O)[C@@H](C)/C=C(\C)[C@@H]1OC(N)=O)C2=O. The van der Waals surface area contributed by atoms with Crippen molar-refractivity contribution in [2.24, 2.45) is 17.6 Å². The van der Waals surface area contributed by atoms with Crippen LogP contribution < -0.4 is 32.3 Å². The Morgan fingerprint density at radius 1 is 0.844 bits per heavy atom. The van der Waals surface area contributed by atoms with Gasteiger partial charge in [0.2, 0.25) is 11.6 Å². The van der Waals surface area contributed by atoms with Crippen LogP contribution in [0.15, 0.2) is 149 Å². The molecular formula is C52H65N3O8P+. The quantitative estimate of drug-likeness (QED) is 0.0583. The number of aliphatic hydroxyl groups excluding tert-OH is 1. The van der Waals surface area contributed by atoms with E-state index in [1.807, 2.05) is 13.8 Å². The summed E-state index contributed by atoms with van der Waals surface area (Å²) in [6, 6.07) is 32.6. The van der Waals surface area contributed by atoms with Gasteiger partial charge in [-0.15, -0.1) is 0 Å². The van der Waals surface area contributed by atoms with Gasteiger partial charge in [0.25, 0.3) is 5.91 Å². The van der Waals surface area contributed by atoms with E-state index in [1.54, 1.807) is 32.1 Å².